The van der Waals surface area contributed by atoms with Crippen LogP contribution >= 0.6 is 11.8 Å². The van der Waals surface area contributed by atoms with E-state index in [2.05, 4.69) is 21.1 Å². The molecule has 12 nitrogen and oxygen atoms in total. The third-order valence-corrected chi connectivity index (χ3v) is 7.09. The first kappa shape index (κ1) is 31.8. The Morgan fingerprint density at radius 3 is 1.28 bits per heavy atom. The minimum atomic E-state index is -3.63. The van der Waals surface area contributed by atoms with Crippen molar-refractivity contribution in [3.63, 3.8) is 0 Å². The van der Waals surface area contributed by atoms with Gasteiger partial charge < -0.3 is 8.37 Å². The summed E-state index contributed by atoms with van der Waals surface area (Å²) in [6.45, 7) is 6.63. The van der Waals surface area contributed by atoms with Gasteiger partial charge in [-0.1, -0.05) is 0 Å². The van der Waals surface area contributed by atoms with E-state index in [1.54, 1.807) is 52.0 Å². The van der Waals surface area contributed by atoms with Crippen LogP contribution in [0.3, 0.4) is 0 Å². The van der Waals surface area contributed by atoms with Crippen molar-refractivity contribution in [2.45, 2.75) is 38.2 Å². The molecule has 0 radical (unpaired) electrons. The van der Waals surface area contributed by atoms with Crippen molar-refractivity contribution in [3.8, 4) is 11.5 Å². The highest BCUT2D eigenvalue weighted by Crippen LogP contribution is 2.19. The van der Waals surface area contributed by atoms with Gasteiger partial charge in [0, 0.05) is 0 Å². The number of carbonyl (C=O) groups excluding carboxylic acids is 2. The van der Waals surface area contributed by atoms with Gasteiger partial charge in [-0.05, 0) is 87.4 Å². The molecular weight excluding hydrogens is 568 g/mol. The predicted octanol–water partition coefficient (Wildman–Crippen LogP) is 2.25. The largest absolute Gasteiger partial charge is 0.383 e. The first-order valence-corrected chi connectivity index (χ1v) is 15.9. The second-order valence-corrected chi connectivity index (χ2v) is 13.2. The fraction of sp³-hybridized carbons (Fsp3) is 0.333. The number of nitrogens with zero attached hydrogens (tertiary/aromatic N) is 2. The molecular formula is C24H30N4O8S3. The van der Waals surface area contributed by atoms with E-state index in [-0.39, 0.29) is 11.5 Å². The average molecular weight is 599 g/mol. The summed E-state index contributed by atoms with van der Waals surface area (Å²) in [4.78, 5) is 25.0. The SMILES string of the molecule is CC(=NNC(=O)C(C)SC(C)C(=O)NN=C(C)c1ccc(OS(C)(=O)=O)cc1)c1ccc(OS(C)(=O)=O)cc1. The van der Waals surface area contributed by atoms with E-state index < -0.39 is 42.6 Å². The maximum Gasteiger partial charge on any atom is 0.306 e. The Labute approximate surface area is 232 Å². The topological polar surface area (TPSA) is 170 Å². The van der Waals surface area contributed by atoms with Crippen LogP contribution < -0.4 is 19.2 Å². The van der Waals surface area contributed by atoms with Gasteiger partial charge in [-0.2, -0.15) is 27.0 Å². The van der Waals surface area contributed by atoms with Gasteiger partial charge in [0.05, 0.1) is 34.4 Å². The van der Waals surface area contributed by atoms with Crippen molar-refractivity contribution >= 4 is 55.2 Å². The maximum absolute atomic E-state index is 12.5. The summed E-state index contributed by atoms with van der Waals surface area (Å²) < 4.78 is 54.4. The van der Waals surface area contributed by atoms with E-state index in [0.29, 0.717) is 22.6 Å². The van der Waals surface area contributed by atoms with Gasteiger partial charge in [-0.3, -0.25) is 9.59 Å². The fourth-order valence-electron chi connectivity index (χ4n) is 2.87. The number of nitrogens with one attached hydrogen (secondary N) is 2. The van der Waals surface area contributed by atoms with Crippen LogP contribution in [0.1, 0.15) is 38.8 Å². The van der Waals surface area contributed by atoms with Gasteiger partial charge in [0.15, 0.2) is 0 Å². The number of thioether (sulfide) groups is 1. The molecule has 0 aromatic heterocycles. The third kappa shape index (κ3) is 11.5. The summed E-state index contributed by atoms with van der Waals surface area (Å²) in [7, 11) is -7.26. The molecule has 39 heavy (non-hydrogen) atoms. The zero-order chi connectivity index (χ0) is 29.4. The Morgan fingerprint density at radius 1 is 0.692 bits per heavy atom. The molecule has 0 spiro atoms. The molecule has 0 saturated heterocycles. The second kappa shape index (κ2) is 13.6. The van der Waals surface area contributed by atoms with Gasteiger partial charge in [0.2, 0.25) is 0 Å². The van der Waals surface area contributed by atoms with Crippen molar-refractivity contribution in [3.05, 3.63) is 59.7 Å². The highest BCUT2D eigenvalue weighted by atomic mass is 32.2. The number of amides is 2. The van der Waals surface area contributed by atoms with Crippen molar-refractivity contribution in [1.29, 1.82) is 0 Å². The quantitative estimate of drug-likeness (QED) is 0.211. The van der Waals surface area contributed by atoms with Gasteiger partial charge in [-0.25, -0.2) is 10.9 Å². The summed E-state index contributed by atoms with van der Waals surface area (Å²) in [5.41, 5.74) is 7.19. The molecule has 0 aliphatic heterocycles. The standard InChI is InChI=1S/C24H30N4O8S3/c1-15(19-7-11-21(12-8-19)35-38(5,31)32)25-27-23(29)17(3)37-18(4)24(30)28-26-16(2)20-9-13-22(14-10-20)36-39(6,33)34/h7-14,17-18H,1-6H3,(H,27,29)(H,28,30). The Hall–Kier alpha value is -3.43. The lowest BCUT2D eigenvalue weighted by Gasteiger charge is -2.15. The first-order chi connectivity index (χ1) is 18.0. The zero-order valence-electron chi connectivity index (χ0n) is 22.2. The van der Waals surface area contributed by atoms with Crippen molar-refractivity contribution in [2.75, 3.05) is 12.5 Å². The molecule has 0 aliphatic rings. The molecule has 2 N–H and O–H groups in total. The van der Waals surface area contributed by atoms with E-state index in [9.17, 15) is 26.4 Å². The van der Waals surface area contributed by atoms with Crippen LogP contribution in [0.2, 0.25) is 0 Å². The van der Waals surface area contributed by atoms with E-state index in [1.807, 2.05) is 0 Å². The second-order valence-electron chi connectivity index (χ2n) is 8.39. The maximum atomic E-state index is 12.5. The molecule has 212 valence electrons. The molecule has 15 heteroatoms. The molecule has 2 rings (SSSR count). The molecule has 2 amide bonds. The molecule has 0 heterocycles. The summed E-state index contributed by atoms with van der Waals surface area (Å²) in [6, 6.07) is 12.3. The number of hydrazone groups is 2. The third-order valence-electron chi connectivity index (χ3n) is 4.85. The van der Waals surface area contributed by atoms with Crippen molar-refractivity contribution in [1.82, 2.24) is 10.9 Å². The Bertz CT molecular complexity index is 1340. The molecule has 0 saturated carbocycles. The van der Waals surface area contributed by atoms with E-state index in [0.717, 1.165) is 24.3 Å². The lowest BCUT2D eigenvalue weighted by atomic mass is 10.1. The predicted molar refractivity (Wildman–Crippen MR) is 151 cm³/mol. The molecule has 0 aliphatic carbocycles. The van der Waals surface area contributed by atoms with E-state index in [1.165, 1.54) is 24.3 Å². The molecule has 2 unspecified atom stereocenters. The van der Waals surface area contributed by atoms with Crippen LogP contribution in [-0.2, 0) is 29.8 Å². The number of carbonyl (C=O) groups is 2. The Morgan fingerprint density at radius 2 is 1.00 bits per heavy atom. The van der Waals surface area contributed by atoms with Crippen LogP contribution in [0, 0.1) is 0 Å². The highest BCUT2D eigenvalue weighted by Gasteiger charge is 2.21. The van der Waals surface area contributed by atoms with Crippen LogP contribution in [0.4, 0.5) is 0 Å². The number of hydrogen-bond acceptors (Lipinski definition) is 11. The van der Waals surface area contributed by atoms with Gasteiger partial charge in [-0.15, -0.1) is 11.8 Å². The number of hydrogen-bond donors (Lipinski definition) is 2. The number of benzene rings is 2. The Balaban J connectivity index is 1.88. The highest BCUT2D eigenvalue weighted by molar-refractivity contribution is 8.01. The summed E-state index contributed by atoms with van der Waals surface area (Å²) in [5, 5.41) is 6.92. The van der Waals surface area contributed by atoms with Crippen LogP contribution in [0.25, 0.3) is 0 Å². The minimum Gasteiger partial charge on any atom is -0.383 e. The summed E-state index contributed by atoms with van der Waals surface area (Å²) in [5.74, 6) is -0.502. The van der Waals surface area contributed by atoms with Gasteiger partial charge in [0.25, 0.3) is 11.8 Å². The fourth-order valence-corrected chi connectivity index (χ4v) is 4.76. The smallest absolute Gasteiger partial charge is 0.306 e. The zero-order valence-corrected chi connectivity index (χ0v) is 24.6. The van der Waals surface area contributed by atoms with Crippen LogP contribution in [0.5, 0.6) is 11.5 Å². The normalized spacial score (nSPS) is 14.2. The lowest BCUT2D eigenvalue weighted by Crippen LogP contribution is -2.33. The van der Waals surface area contributed by atoms with E-state index in [4.69, 9.17) is 8.37 Å². The molecule has 0 bridgehead atoms. The average Bonchev–Trinajstić information content (AvgIpc) is 2.84. The number of rotatable bonds is 12. The lowest BCUT2D eigenvalue weighted by molar-refractivity contribution is -0.120. The van der Waals surface area contributed by atoms with Crippen LogP contribution in [-0.4, -0.2) is 63.1 Å². The van der Waals surface area contributed by atoms with Crippen molar-refractivity contribution < 1.29 is 34.8 Å². The van der Waals surface area contributed by atoms with Crippen molar-refractivity contribution in [2.24, 2.45) is 10.2 Å². The van der Waals surface area contributed by atoms with Gasteiger partial charge >= 0.3 is 20.2 Å². The molecule has 0 fully saturated rings. The minimum absolute atomic E-state index is 0.159. The molecule has 2 aromatic rings. The summed E-state index contributed by atoms with van der Waals surface area (Å²) >= 11 is 1.12. The van der Waals surface area contributed by atoms with Gasteiger partial charge in [0.1, 0.15) is 11.5 Å². The van der Waals surface area contributed by atoms with Crippen LogP contribution in [0.15, 0.2) is 58.7 Å². The molecule has 2 aromatic carbocycles. The first-order valence-electron chi connectivity index (χ1n) is 11.4. The van der Waals surface area contributed by atoms with E-state index >= 15 is 0 Å². The Kier molecular flexibility index (Phi) is 11.1. The summed E-state index contributed by atoms with van der Waals surface area (Å²) in [6.07, 6.45) is 1.90. The monoisotopic (exact) mass is 598 g/mol. The molecule has 2 atom stereocenters.